The molecular weight excluding hydrogens is 596 g/mol. The predicted molar refractivity (Wildman–Crippen MR) is 139 cm³/mol. The second kappa shape index (κ2) is 12.3. The molecular formula is C27H30O17. The zero-order valence-electron chi connectivity index (χ0n) is 22.4. The van der Waals surface area contributed by atoms with Crippen molar-refractivity contribution in [3.63, 3.8) is 0 Å². The van der Waals surface area contributed by atoms with Crippen molar-refractivity contribution in [2.24, 2.45) is 0 Å². The van der Waals surface area contributed by atoms with Crippen molar-refractivity contribution in [1.82, 2.24) is 0 Å². The molecule has 0 radical (unpaired) electrons. The highest BCUT2D eigenvalue weighted by Crippen LogP contribution is 2.45. The molecule has 2 aromatic rings. The van der Waals surface area contributed by atoms with Crippen LogP contribution in [0.5, 0.6) is 28.7 Å². The Labute approximate surface area is 247 Å². The molecule has 17 nitrogen and oxygen atoms in total. The van der Waals surface area contributed by atoms with Crippen LogP contribution in [0.15, 0.2) is 36.4 Å². The van der Waals surface area contributed by atoms with Crippen LogP contribution in [-0.4, -0.2) is 130 Å². The van der Waals surface area contributed by atoms with E-state index in [1.807, 2.05) is 0 Å². The molecule has 11 N–H and O–H groups in total. The van der Waals surface area contributed by atoms with Crippen LogP contribution in [0.4, 0.5) is 0 Å². The molecule has 0 aliphatic carbocycles. The Balaban J connectivity index is 1.34. The van der Waals surface area contributed by atoms with Gasteiger partial charge in [-0.05, 0) is 24.3 Å². The molecule has 0 aromatic heterocycles. The molecule has 5 rings (SSSR count). The van der Waals surface area contributed by atoms with Gasteiger partial charge in [-0.15, -0.1) is 0 Å². The SMILES string of the molecule is O=C(O)[C@H]1O[C@@H](Oc2cc(O)c3c(c2)OC(c2ccc(O[C@H]4O[C@H](CO)[C@H](O)[C@@H](O)[C@@H]4O)c(O)c2)=CC3O)[C@H](O)[C@@H](O)[C@H]1O. The molecule has 11 atom stereocenters. The predicted octanol–water partition coefficient (Wildman–Crippen LogP) is -2.99. The van der Waals surface area contributed by atoms with Crippen molar-refractivity contribution in [3.8, 4) is 28.7 Å². The lowest BCUT2D eigenvalue weighted by atomic mass is 9.99. The van der Waals surface area contributed by atoms with E-state index in [0.29, 0.717) is 0 Å². The van der Waals surface area contributed by atoms with E-state index in [9.17, 15) is 61.0 Å². The Morgan fingerprint density at radius 2 is 1.43 bits per heavy atom. The molecule has 17 heteroatoms. The summed E-state index contributed by atoms with van der Waals surface area (Å²) in [5.41, 5.74) is 0.100. The first-order chi connectivity index (χ1) is 20.8. The van der Waals surface area contributed by atoms with Crippen molar-refractivity contribution >= 4 is 11.7 Å². The van der Waals surface area contributed by atoms with Crippen LogP contribution in [-0.2, 0) is 14.3 Å². The van der Waals surface area contributed by atoms with Crippen molar-refractivity contribution in [2.75, 3.05) is 6.61 Å². The van der Waals surface area contributed by atoms with Crippen LogP contribution in [0.1, 0.15) is 17.2 Å². The number of benzene rings is 2. The summed E-state index contributed by atoms with van der Waals surface area (Å²) in [5.74, 6) is -3.27. The lowest BCUT2D eigenvalue weighted by molar-refractivity contribution is -0.277. The third-order valence-electron chi connectivity index (χ3n) is 7.32. The molecule has 0 amide bonds. The van der Waals surface area contributed by atoms with Gasteiger partial charge in [0.25, 0.3) is 0 Å². The minimum absolute atomic E-state index is 0.0188. The molecule has 240 valence electrons. The summed E-state index contributed by atoms with van der Waals surface area (Å²) in [4.78, 5) is 11.4. The number of phenolic OH excluding ortho intramolecular Hbond substituents is 2. The third kappa shape index (κ3) is 5.85. The highest BCUT2D eigenvalue weighted by Gasteiger charge is 2.48. The van der Waals surface area contributed by atoms with Gasteiger partial charge in [-0.25, -0.2) is 4.79 Å². The Morgan fingerprint density at radius 1 is 0.773 bits per heavy atom. The molecule has 0 saturated carbocycles. The largest absolute Gasteiger partial charge is 0.507 e. The quantitative estimate of drug-likeness (QED) is 0.146. The van der Waals surface area contributed by atoms with Crippen molar-refractivity contribution in [1.29, 1.82) is 0 Å². The number of hydrogen-bond donors (Lipinski definition) is 11. The van der Waals surface area contributed by atoms with E-state index in [-0.39, 0.29) is 34.1 Å². The molecule has 2 fully saturated rings. The highest BCUT2D eigenvalue weighted by molar-refractivity contribution is 5.73. The Kier molecular flexibility index (Phi) is 8.87. The van der Waals surface area contributed by atoms with Gasteiger partial charge in [0.05, 0.1) is 12.2 Å². The van der Waals surface area contributed by atoms with Crippen LogP contribution in [0, 0.1) is 0 Å². The molecule has 0 bridgehead atoms. The van der Waals surface area contributed by atoms with Crippen LogP contribution in [0.25, 0.3) is 5.76 Å². The molecule has 2 saturated heterocycles. The molecule has 44 heavy (non-hydrogen) atoms. The fourth-order valence-electron chi connectivity index (χ4n) is 4.92. The number of fused-ring (bicyclic) bond motifs is 1. The van der Waals surface area contributed by atoms with Crippen LogP contribution in [0.2, 0.25) is 0 Å². The maximum Gasteiger partial charge on any atom is 0.335 e. The molecule has 1 unspecified atom stereocenters. The van der Waals surface area contributed by atoms with E-state index < -0.39 is 91.6 Å². The summed E-state index contributed by atoms with van der Waals surface area (Å²) in [5, 5.41) is 111. The average Bonchev–Trinajstić information content (AvgIpc) is 2.97. The molecule has 2 aromatic carbocycles. The van der Waals surface area contributed by atoms with Gasteiger partial charge in [-0.1, -0.05) is 0 Å². The number of aliphatic hydroxyl groups is 8. The zero-order valence-corrected chi connectivity index (χ0v) is 22.4. The van der Waals surface area contributed by atoms with Gasteiger partial charge >= 0.3 is 5.97 Å². The van der Waals surface area contributed by atoms with Crippen LogP contribution in [0.3, 0.4) is 0 Å². The second-order valence-corrected chi connectivity index (χ2v) is 10.3. The van der Waals surface area contributed by atoms with E-state index in [4.69, 9.17) is 23.7 Å². The van der Waals surface area contributed by atoms with Crippen molar-refractivity contribution < 1.29 is 84.7 Å². The van der Waals surface area contributed by atoms with Gasteiger partial charge in [0.2, 0.25) is 12.6 Å². The summed E-state index contributed by atoms with van der Waals surface area (Å²) in [7, 11) is 0. The molecule has 3 aliphatic heterocycles. The van der Waals surface area contributed by atoms with Gasteiger partial charge in [0.15, 0.2) is 17.6 Å². The minimum atomic E-state index is -1.95. The zero-order chi connectivity index (χ0) is 32.0. The van der Waals surface area contributed by atoms with E-state index in [0.717, 1.165) is 12.1 Å². The van der Waals surface area contributed by atoms with Crippen LogP contribution < -0.4 is 14.2 Å². The number of carboxylic acids is 1. The van der Waals surface area contributed by atoms with E-state index >= 15 is 0 Å². The minimum Gasteiger partial charge on any atom is -0.507 e. The Hall–Kier alpha value is -3.75. The lowest BCUT2D eigenvalue weighted by Gasteiger charge is -2.39. The highest BCUT2D eigenvalue weighted by atomic mass is 16.7. The van der Waals surface area contributed by atoms with Gasteiger partial charge in [0, 0.05) is 17.7 Å². The third-order valence-corrected chi connectivity index (χ3v) is 7.32. The Bertz CT molecular complexity index is 1410. The Morgan fingerprint density at radius 3 is 2.07 bits per heavy atom. The fraction of sp³-hybridized carbons (Fsp3) is 0.444. The monoisotopic (exact) mass is 626 g/mol. The molecule has 3 heterocycles. The first kappa shape index (κ1) is 31.7. The van der Waals surface area contributed by atoms with Crippen molar-refractivity contribution in [3.05, 3.63) is 47.5 Å². The number of aliphatic carboxylic acids is 1. The first-order valence-corrected chi connectivity index (χ1v) is 13.1. The van der Waals surface area contributed by atoms with Crippen LogP contribution >= 0.6 is 0 Å². The topological polar surface area (TPSA) is 286 Å². The fourth-order valence-corrected chi connectivity index (χ4v) is 4.92. The maximum absolute atomic E-state index is 11.4. The van der Waals surface area contributed by atoms with Gasteiger partial charge in [0.1, 0.15) is 71.8 Å². The summed E-state index contributed by atoms with van der Waals surface area (Å²) < 4.78 is 27.1. The number of aliphatic hydroxyl groups excluding tert-OH is 8. The number of phenols is 2. The van der Waals surface area contributed by atoms with E-state index in [1.165, 1.54) is 24.3 Å². The number of hydrogen-bond acceptors (Lipinski definition) is 16. The standard InChI is InChI=1S/C27H30O17/c28-7-16-18(32)19(33)22(36)27(43-16)42-13-2-1-8(3-10(13)29)14-6-12(31)17-11(30)4-9(5-15(17)41-14)40-26-23(37)20(34)21(35)24(44-26)25(38)39/h1-6,12,16,18-24,26-37H,7H2,(H,38,39)/t12?,16-,18+,19-,20+,21-,22+,23-,24+,26-,27+/m1/s1. The number of carboxylic acid groups (broad SMARTS) is 1. The van der Waals surface area contributed by atoms with E-state index in [2.05, 4.69) is 0 Å². The number of carbonyl (C=O) groups is 1. The molecule has 3 aliphatic rings. The smallest absolute Gasteiger partial charge is 0.335 e. The summed E-state index contributed by atoms with van der Waals surface area (Å²) in [6.07, 6.45) is -17.6. The van der Waals surface area contributed by atoms with Gasteiger partial charge in [-0.2, -0.15) is 0 Å². The average molecular weight is 627 g/mol. The van der Waals surface area contributed by atoms with E-state index in [1.54, 1.807) is 0 Å². The second-order valence-electron chi connectivity index (χ2n) is 10.3. The van der Waals surface area contributed by atoms with Gasteiger partial charge in [-0.3, -0.25) is 0 Å². The molecule has 0 spiro atoms. The lowest BCUT2D eigenvalue weighted by Crippen LogP contribution is -2.61. The normalized spacial score (nSPS) is 35.2. The summed E-state index contributed by atoms with van der Waals surface area (Å²) >= 11 is 0. The first-order valence-electron chi connectivity index (χ1n) is 13.1. The van der Waals surface area contributed by atoms with Gasteiger partial charge < -0.3 is 79.9 Å². The number of ether oxygens (including phenoxy) is 5. The summed E-state index contributed by atoms with van der Waals surface area (Å²) in [6.45, 7) is -0.685. The maximum atomic E-state index is 11.4. The number of rotatable bonds is 7. The van der Waals surface area contributed by atoms with Crippen molar-refractivity contribution in [2.45, 2.75) is 67.5 Å². The summed E-state index contributed by atoms with van der Waals surface area (Å²) in [6, 6.07) is 5.98. The number of aromatic hydroxyl groups is 2.